The highest BCUT2D eigenvalue weighted by Gasteiger charge is 2.48. The molecule has 0 heterocycles. The van der Waals surface area contributed by atoms with E-state index in [0.717, 1.165) is 25.7 Å². The van der Waals surface area contributed by atoms with Crippen LogP contribution in [0.15, 0.2) is 18.2 Å². The fourth-order valence-corrected chi connectivity index (χ4v) is 4.22. The zero-order chi connectivity index (χ0) is 18.7. The average Bonchev–Trinajstić information content (AvgIpc) is 3.19. The van der Waals surface area contributed by atoms with E-state index in [9.17, 15) is 13.6 Å². The van der Waals surface area contributed by atoms with Crippen LogP contribution in [-0.2, 0) is 11.3 Å². The number of nitrogens with two attached hydrogens (primary N) is 1. The Morgan fingerprint density at radius 3 is 2.77 bits per heavy atom. The maximum absolute atomic E-state index is 12.7. The van der Waals surface area contributed by atoms with Crippen molar-refractivity contribution in [2.24, 2.45) is 23.5 Å². The zero-order valence-corrected chi connectivity index (χ0v) is 14.9. The Labute approximate surface area is 152 Å². The van der Waals surface area contributed by atoms with Crippen LogP contribution in [0.4, 0.5) is 8.78 Å². The lowest BCUT2D eigenvalue weighted by Crippen LogP contribution is -2.45. The number of fused-ring (bicyclic) bond motifs is 2. The average molecular weight is 368 g/mol. The van der Waals surface area contributed by atoms with Crippen LogP contribution in [0, 0.1) is 17.8 Å². The second-order valence-electron chi connectivity index (χ2n) is 7.15. The van der Waals surface area contributed by atoms with Gasteiger partial charge in [0, 0.05) is 24.2 Å². The summed E-state index contributed by atoms with van der Waals surface area (Å²) in [6.07, 6.45) is 3.97. The molecule has 1 amide bonds. The normalized spacial score (nSPS) is 27.0. The molecule has 1 aromatic carbocycles. The van der Waals surface area contributed by atoms with Gasteiger partial charge in [-0.15, -0.1) is 0 Å². The summed E-state index contributed by atoms with van der Waals surface area (Å²) in [5, 5.41) is 2.85. The number of rotatable bonds is 8. The monoisotopic (exact) mass is 368 g/mol. The van der Waals surface area contributed by atoms with Gasteiger partial charge in [-0.1, -0.05) is 6.92 Å². The number of halogens is 2. The lowest BCUT2D eigenvalue weighted by atomic mass is 9.84. The van der Waals surface area contributed by atoms with Crippen LogP contribution < -0.4 is 20.5 Å². The minimum absolute atomic E-state index is 0.0196. The number of carbonyl (C=O) groups is 1. The summed E-state index contributed by atoms with van der Waals surface area (Å²) in [5.74, 6) is 0.985. The summed E-state index contributed by atoms with van der Waals surface area (Å²) in [4.78, 5) is 12.6. The molecule has 5 nitrogen and oxygen atoms in total. The summed E-state index contributed by atoms with van der Waals surface area (Å²) < 4.78 is 35.5. The summed E-state index contributed by atoms with van der Waals surface area (Å²) in [6.45, 7) is -0.368. The van der Waals surface area contributed by atoms with E-state index in [1.165, 1.54) is 6.07 Å². The molecule has 2 aliphatic carbocycles. The largest absolute Gasteiger partial charge is 0.493 e. The molecular formula is C19H26F2N2O3. The van der Waals surface area contributed by atoms with Gasteiger partial charge in [-0.3, -0.25) is 4.79 Å². The van der Waals surface area contributed by atoms with Gasteiger partial charge in [0.15, 0.2) is 0 Å². The molecule has 2 saturated carbocycles. The number of ether oxygens (including phenoxy) is 2. The minimum atomic E-state index is -2.94. The summed E-state index contributed by atoms with van der Waals surface area (Å²) in [7, 11) is 0. The van der Waals surface area contributed by atoms with Gasteiger partial charge in [0.05, 0.1) is 12.5 Å². The van der Waals surface area contributed by atoms with Crippen molar-refractivity contribution in [3.8, 4) is 11.5 Å². The SMILES string of the molecule is CCCOc1ccc(CNC(=O)C2C3CCC(C3)C2N)c(OC(F)F)c1. The molecule has 4 atom stereocenters. The maximum atomic E-state index is 12.7. The van der Waals surface area contributed by atoms with Crippen LogP contribution in [0.25, 0.3) is 0 Å². The van der Waals surface area contributed by atoms with Gasteiger partial charge in [-0.2, -0.15) is 8.78 Å². The van der Waals surface area contributed by atoms with Gasteiger partial charge < -0.3 is 20.5 Å². The maximum Gasteiger partial charge on any atom is 0.387 e. The van der Waals surface area contributed by atoms with Crippen molar-refractivity contribution >= 4 is 5.91 Å². The van der Waals surface area contributed by atoms with Crippen molar-refractivity contribution in [1.82, 2.24) is 5.32 Å². The van der Waals surface area contributed by atoms with Crippen LogP contribution >= 0.6 is 0 Å². The number of amides is 1. The van der Waals surface area contributed by atoms with Crippen molar-refractivity contribution < 1.29 is 23.0 Å². The highest BCUT2D eigenvalue weighted by atomic mass is 19.3. The Hall–Kier alpha value is -1.89. The van der Waals surface area contributed by atoms with Crippen molar-refractivity contribution in [3.63, 3.8) is 0 Å². The smallest absolute Gasteiger partial charge is 0.387 e. The molecule has 0 radical (unpaired) electrons. The Kier molecular flexibility index (Phi) is 5.96. The van der Waals surface area contributed by atoms with Crippen LogP contribution in [0.2, 0.25) is 0 Å². The first kappa shape index (κ1) is 18.9. The molecule has 3 N–H and O–H groups in total. The third-order valence-electron chi connectivity index (χ3n) is 5.46. The van der Waals surface area contributed by atoms with Crippen LogP contribution in [0.1, 0.15) is 38.2 Å². The number of carbonyl (C=O) groups excluding carboxylic acids is 1. The molecule has 0 aliphatic heterocycles. The lowest BCUT2D eigenvalue weighted by molar-refractivity contribution is -0.127. The summed E-state index contributed by atoms with van der Waals surface area (Å²) in [6, 6.07) is 4.67. The Morgan fingerprint density at radius 1 is 1.35 bits per heavy atom. The summed E-state index contributed by atoms with van der Waals surface area (Å²) in [5.41, 5.74) is 6.68. The molecule has 1 aromatic rings. The van der Waals surface area contributed by atoms with E-state index in [1.807, 2.05) is 6.92 Å². The lowest BCUT2D eigenvalue weighted by Gasteiger charge is -2.27. The molecule has 3 rings (SSSR count). The van der Waals surface area contributed by atoms with E-state index in [4.69, 9.17) is 10.5 Å². The van der Waals surface area contributed by atoms with Crippen molar-refractivity contribution in [2.75, 3.05) is 6.61 Å². The molecule has 2 fully saturated rings. The molecule has 2 aliphatic rings. The molecule has 0 saturated heterocycles. The zero-order valence-electron chi connectivity index (χ0n) is 14.9. The molecule has 7 heteroatoms. The fraction of sp³-hybridized carbons (Fsp3) is 0.632. The van der Waals surface area contributed by atoms with Gasteiger partial charge in [0.1, 0.15) is 11.5 Å². The Bertz CT molecular complexity index is 639. The van der Waals surface area contributed by atoms with E-state index in [0.29, 0.717) is 29.8 Å². The number of hydrogen-bond donors (Lipinski definition) is 2. The Morgan fingerprint density at radius 2 is 2.12 bits per heavy atom. The topological polar surface area (TPSA) is 73.6 Å². The van der Waals surface area contributed by atoms with Gasteiger partial charge in [0.2, 0.25) is 5.91 Å². The quantitative estimate of drug-likeness (QED) is 0.740. The third kappa shape index (κ3) is 4.09. The molecule has 0 spiro atoms. The van der Waals surface area contributed by atoms with Gasteiger partial charge >= 0.3 is 6.61 Å². The fourth-order valence-electron chi connectivity index (χ4n) is 4.22. The highest BCUT2D eigenvalue weighted by molar-refractivity contribution is 5.80. The molecule has 2 bridgehead atoms. The first-order chi connectivity index (χ1) is 12.5. The molecule has 4 unspecified atom stereocenters. The molecule has 26 heavy (non-hydrogen) atoms. The molecular weight excluding hydrogens is 342 g/mol. The van der Waals surface area contributed by atoms with E-state index in [2.05, 4.69) is 10.1 Å². The number of alkyl halides is 2. The number of benzene rings is 1. The van der Waals surface area contributed by atoms with Gasteiger partial charge in [-0.25, -0.2) is 0 Å². The van der Waals surface area contributed by atoms with Crippen molar-refractivity contribution in [1.29, 1.82) is 0 Å². The number of hydrogen-bond acceptors (Lipinski definition) is 4. The standard InChI is InChI=1S/C19H26F2N2O3/c1-2-7-25-14-6-5-13(15(9-14)26-19(20)21)10-23-18(24)16-11-3-4-12(8-11)17(16)22/h5-6,9,11-12,16-17,19H,2-4,7-8,10,22H2,1H3,(H,23,24). The van der Waals surface area contributed by atoms with E-state index < -0.39 is 6.61 Å². The van der Waals surface area contributed by atoms with E-state index >= 15 is 0 Å². The van der Waals surface area contributed by atoms with Crippen LogP contribution in [0.5, 0.6) is 11.5 Å². The predicted octanol–water partition coefficient (Wildman–Crippen LogP) is 3.07. The van der Waals surface area contributed by atoms with E-state index in [-0.39, 0.29) is 30.2 Å². The predicted molar refractivity (Wildman–Crippen MR) is 93.0 cm³/mol. The summed E-state index contributed by atoms with van der Waals surface area (Å²) >= 11 is 0. The molecule has 144 valence electrons. The van der Waals surface area contributed by atoms with Crippen molar-refractivity contribution in [2.45, 2.75) is 51.8 Å². The van der Waals surface area contributed by atoms with Crippen LogP contribution in [0.3, 0.4) is 0 Å². The minimum Gasteiger partial charge on any atom is -0.493 e. The Balaban J connectivity index is 1.65. The molecule has 0 aromatic heterocycles. The van der Waals surface area contributed by atoms with Crippen LogP contribution in [-0.4, -0.2) is 25.2 Å². The second kappa shape index (κ2) is 8.20. The number of nitrogens with one attached hydrogen (secondary N) is 1. The highest BCUT2D eigenvalue weighted by Crippen LogP contribution is 2.47. The third-order valence-corrected chi connectivity index (χ3v) is 5.46. The van der Waals surface area contributed by atoms with Crippen molar-refractivity contribution in [3.05, 3.63) is 23.8 Å². The first-order valence-corrected chi connectivity index (χ1v) is 9.23. The van der Waals surface area contributed by atoms with Gasteiger partial charge in [0.25, 0.3) is 0 Å². The second-order valence-corrected chi connectivity index (χ2v) is 7.15. The first-order valence-electron chi connectivity index (χ1n) is 9.23. The van der Waals surface area contributed by atoms with E-state index in [1.54, 1.807) is 12.1 Å². The van der Waals surface area contributed by atoms with Gasteiger partial charge in [-0.05, 0) is 49.7 Å².